The van der Waals surface area contributed by atoms with Crippen molar-refractivity contribution in [3.63, 3.8) is 0 Å². The van der Waals surface area contributed by atoms with E-state index >= 15 is 0 Å². The molecule has 2 heterocycles. The molecule has 4 atom stereocenters. The fourth-order valence-electron chi connectivity index (χ4n) is 2.52. The van der Waals surface area contributed by atoms with E-state index < -0.39 is 30.2 Å². The maximum atomic E-state index is 9.89. The minimum absolute atomic E-state index is 0.385. The van der Waals surface area contributed by atoms with Gasteiger partial charge in [-0.3, -0.25) is 0 Å². The lowest BCUT2D eigenvalue weighted by molar-refractivity contribution is -0.116. The second kappa shape index (κ2) is 5.55. The third kappa shape index (κ3) is 2.83. The van der Waals surface area contributed by atoms with Gasteiger partial charge in [0.05, 0.1) is 6.61 Å². The van der Waals surface area contributed by atoms with Crippen LogP contribution in [0.2, 0.25) is 0 Å². The molecule has 0 amide bonds. The summed E-state index contributed by atoms with van der Waals surface area (Å²) in [6.07, 6.45) is -0.318. The summed E-state index contributed by atoms with van der Waals surface area (Å²) in [6.45, 7) is 3.52. The van der Waals surface area contributed by atoms with Gasteiger partial charge in [0.2, 0.25) is 6.29 Å². The predicted octanol–water partition coefficient (Wildman–Crippen LogP) is 0.689. The van der Waals surface area contributed by atoms with E-state index in [1.807, 2.05) is 32.1 Å². The molecule has 4 unspecified atom stereocenters. The molecule has 6 nitrogen and oxygen atoms in total. The van der Waals surface area contributed by atoms with E-state index in [9.17, 15) is 10.2 Å². The van der Waals surface area contributed by atoms with Crippen LogP contribution in [0.15, 0.2) is 24.3 Å². The predicted molar refractivity (Wildman–Crippen MR) is 78.6 cm³/mol. The number of benzene rings is 1. The maximum Gasteiger partial charge on any atom is 0.229 e. The van der Waals surface area contributed by atoms with Crippen LogP contribution in [0.1, 0.15) is 19.4 Å². The van der Waals surface area contributed by atoms with Crippen molar-refractivity contribution < 1.29 is 29.5 Å². The van der Waals surface area contributed by atoms with Crippen LogP contribution >= 0.6 is 0 Å². The van der Waals surface area contributed by atoms with Crippen LogP contribution < -0.4 is 9.47 Å². The molecule has 0 radical (unpaired) electrons. The molecule has 3 N–H and O–H groups in total. The molecular formula is C16H20O6. The van der Waals surface area contributed by atoms with Crippen molar-refractivity contribution in [2.75, 3.05) is 6.61 Å². The average Bonchev–Trinajstić information content (AvgIpc) is 2.74. The standard InChI is InChI=1S/C16H20O6/c1-16(2)6-5-9-3-4-10(7-11(9)22-16)20-15-14(19)13(18)12(8-17)21-15/h3-7,12-15,17-19H,8H2,1-2H3. The Kier molecular flexibility index (Phi) is 3.86. The molecule has 120 valence electrons. The van der Waals surface area contributed by atoms with Gasteiger partial charge < -0.3 is 29.5 Å². The van der Waals surface area contributed by atoms with Crippen LogP contribution in [0.5, 0.6) is 11.5 Å². The van der Waals surface area contributed by atoms with Crippen LogP contribution in [0, 0.1) is 0 Å². The molecule has 0 bridgehead atoms. The Hall–Kier alpha value is -1.60. The Balaban J connectivity index is 1.76. The SMILES string of the molecule is CC1(C)C=Cc2ccc(OC3OC(CO)C(O)C3O)cc2O1. The van der Waals surface area contributed by atoms with Gasteiger partial charge in [-0.1, -0.05) is 6.08 Å². The van der Waals surface area contributed by atoms with E-state index in [1.165, 1.54) is 0 Å². The average molecular weight is 308 g/mol. The van der Waals surface area contributed by atoms with Gasteiger partial charge in [-0.25, -0.2) is 0 Å². The third-order valence-corrected chi connectivity index (χ3v) is 3.77. The minimum atomic E-state index is -1.22. The first-order chi connectivity index (χ1) is 10.4. The summed E-state index contributed by atoms with van der Waals surface area (Å²) >= 11 is 0. The van der Waals surface area contributed by atoms with Crippen LogP contribution in [-0.2, 0) is 4.74 Å². The van der Waals surface area contributed by atoms with Crippen molar-refractivity contribution in [3.8, 4) is 11.5 Å². The quantitative estimate of drug-likeness (QED) is 0.761. The van der Waals surface area contributed by atoms with E-state index in [4.69, 9.17) is 19.3 Å². The number of ether oxygens (including phenoxy) is 3. The zero-order valence-corrected chi connectivity index (χ0v) is 12.5. The Morgan fingerprint density at radius 1 is 1.23 bits per heavy atom. The Morgan fingerprint density at radius 3 is 2.68 bits per heavy atom. The van der Waals surface area contributed by atoms with Gasteiger partial charge in [-0.05, 0) is 32.1 Å². The highest BCUT2D eigenvalue weighted by Crippen LogP contribution is 2.35. The number of hydrogen-bond donors (Lipinski definition) is 3. The molecule has 2 aliphatic rings. The maximum absolute atomic E-state index is 9.89. The second-order valence-corrected chi connectivity index (χ2v) is 6.06. The van der Waals surface area contributed by atoms with Crippen LogP contribution in [0.3, 0.4) is 0 Å². The smallest absolute Gasteiger partial charge is 0.229 e. The zero-order valence-electron chi connectivity index (χ0n) is 12.5. The van der Waals surface area contributed by atoms with Crippen molar-refractivity contribution in [3.05, 3.63) is 29.8 Å². The Bertz CT molecular complexity index is 582. The molecule has 1 fully saturated rings. The van der Waals surface area contributed by atoms with E-state index in [1.54, 1.807) is 12.1 Å². The van der Waals surface area contributed by atoms with Crippen molar-refractivity contribution >= 4 is 6.08 Å². The summed E-state index contributed by atoms with van der Waals surface area (Å²) in [6, 6.07) is 5.30. The van der Waals surface area contributed by atoms with Crippen molar-refractivity contribution in [2.45, 2.75) is 44.1 Å². The van der Waals surface area contributed by atoms with Gasteiger partial charge in [0.1, 0.15) is 35.4 Å². The fourth-order valence-corrected chi connectivity index (χ4v) is 2.52. The summed E-state index contributed by atoms with van der Waals surface area (Å²) in [5, 5.41) is 28.7. The molecule has 1 saturated heterocycles. The number of aliphatic hydroxyl groups excluding tert-OH is 3. The number of rotatable bonds is 3. The summed E-state index contributed by atoms with van der Waals surface area (Å²) < 4.78 is 16.7. The molecule has 0 spiro atoms. The highest BCUT2D eigenvalue weighted by molar-refractivity contribution is 5.62. The van der Waals surface area contributed by atoms with Gasteiger partial charge in [0.15, 0.2) is 0 Å². The molecule has 0 saturated carbocycles. The summed E-state index contributed by atoms with van der Waals surface area (Å²) in [5.41, 5.74) is 0.542. The van der Waals surface area contributed by atoms with E-state index in [-0.39, 0.29) is 6.61 Å². The van der Waals surface area contributed by atoms with Crippen molar-refractivity contribution in [1.82, 2.24) is 0 Å². The van der Waals surface area contributed by atoms with Crippen LogP contribution in [0.25, 0.3) is 6.08 Å². The molecule has 1 aromatic rings. The molecule has 0 aliphatic carbocycles. The van der Waals surface area contributed by atoms with E-state index in [0.29, 0.717) is 11.5 Å². The van der Waals surface area contributed by atoms with Crippen molar-refractivity contribution in [1.29, 1.82) is 0 Å². The molecule has 3 rings (SSSR count). The summed E-state index contributed by atoms with van der Waals surface area (Å²) in [4.78, 5) is 0. The zero-order chi connectivity index (χ0) is 15.9. The molecule has 6 heteroatoms. The molecule has 1 aromatic carbocycles. The summed E-state index contributed by atoms with van der Waals surface area (Å²) in [7, 11) is 0. The first-order valence-electron chi connectivity index (χ1n) is 7.21. The molecule has 22 heavy (non-hydrogen) atoms. The minimum Gasteiger partial charge on any atom is -0.483 e. The van der Waals surface area contributed by atoms with Crippen molar-refractivity contribution in [2.24, 2.45) is 0 Å². The van der Waals surface area contributed by atoms with Gasteiger partial charge in [0.25, 0.3) is 0 Å². The largest absolute Gasteiger partial charge is 0.483 e. The number of hydrogen-bond acceptors (Lipinski definition) is 6. The van der Waals surface area contributed by atoms with Crippen LogP contribution in [-0.4, -0.2) is 52.1 Å². The normalized spacial score (nSPS) is 32.4. The lowest BCUT2D eigenvalue weighted by Crippen LogP contribution is -2.35. The van der Waals surface area contributed by atoms with Gasteiger partial charge in [-0.2, -0.15) is 0 Å². The first-order valence-corrected chi connectivity index (χ1v) is 7.21. The summed E-state index contributed by atoms with van der Waals surface area (Å²) in [5.74, 6) is 1.14. The highest BCUT2D eigenvalue weighted by atomic mass is 16.7. The van der Waals surface area contributed by atoms with Gasteiger partial charge >= 0.3 is 0 Å². The number of fused-ring (bicyclic) bond motifs is 1. The highest BCUT2D eigenvalue weighted by Gasteiger charge is 2.44. The van der Waals surface area contributed by atoms with Gasteiger partial charge in [-0.15, -0.1) is 0 Å². The third-order valence-electron chi connectivity index (χ3n) is 3.77. The van der Waals surface area contributed by atoms with Crippen LogP contribution in [0.4, 0.5) is 0 Å². The Morgan fingerprint density at radius 2 is 2.00 bits per heavy atom. The monoisotopic (exact) mass is 308 g/mol. The first kappa shape index (κ1) is 15.3. The second-order valence-electron chi connectivity index (χ2n) is 6.06. The molecular weight excluding hydrogens is 288 g/mol. The molecule has 2 aliphatic heterocycles. The lowest BCUT2D eigenvalue weighted by Gasteiger charge is -2.28. The van der Waals surface area contributed by atoms with E-state index in [2.05, 4.69) is 0 Å². The number of aliphatic hydroxyl groups is 3. The Labute approximate surface area is 128 Å². The molecule has 0 aromatic heterocycles. The fraction of sp³-hybridized carbons (Fsp3) is 0.500. The van der Waals surface area contributed by atoms with E-state index in [0.717, 1.165) is 5.56 Å². The topological polar surface area (TPSA) is 88.4 Å². The van der Waals surface area contributed by atoms with Gasteiger partial charge in [0, 0.05) is 11.6 Å². The lowest BCUT2D eigenvalue weighted by atomic mass is 10.0.